The Morgan fingerprint density at radius 1 is 1.73 bits per heavy atom. The van der Waals surface area contributed by atoms with Gasteiger partial charge in [-0.25, -0.2) is 0 Å². The number of amides is 1. The first-order valence-electron chi connectivity index (χ1n) is 3.32. The minimum Gasteiger partial charge on any atom is -0.397 e. The molecule has 1 aromatic heterocycles. The fourth-order valence-electron chi connectivity index (χ4n) is 0.846. The monoisotopic (exact) mass is 153 g/mol. The van der Waals surface area contributed by atoms with E-state index in [0.717, 1.165) is 5.56 Å². The third kappa shape index (κ3) is 1.19. The Balaban J connectivity index is 3.04. The van der Waals surface area contributed by atoms with Crippen LogP contribution in [-0.4, -0.2) is 17.9 Å². The maximum atomic E-state index is 11.0. The van der Waals surface area contributed by atoms with Crippen LogP contribution in [0.2, 0.25) is 0 Å². The van der Waals surface area contributed by atoms with Crippen molar-refractivity contribution in [2.75, 3.05) is 12.8 Å². The largest absolute Gasteiger partial charge is 0.397 e. The standard InChI is InChI=1S/C7H11N3O/c1-4-3-10-6(5(4)8)7(11)9-2/h3,10H,8H2,1-2H3,(H,9,11). The lowest BCUT2D eigenvalue weighted by molar-refractivity contribution is 0.0959. The number of hydrogen-bond donors (Lipinski definition) is 3. The van der Waals surface area contributed by atoms with Crippen LogP contribution < -0.4 is 11.1 Å². The van der Waals surface area contributed by atoms with Gasteiger partial charge >= 0.3 is 0 Å². The molecule has 0 aliphatic heterocycles. The normalized spacial score (nSPS) is 9.64. The maximum Gasteiger partial charge on any atom is 0.269 e. The Morgan fingerprint density at radius 3 is 2.73 bits per heavy atom. The lowest BCUT2D eigenvalue weighted by atomic mass is 10.3. The molecule has 11 heavy (non-hydrogen) atoms. The highest BCUT2D eigenvalue weighted by Crippen LogP contribution is 2.14. The lowest BCUT2D eigenvalue weighted by Gasteiger charge is -1.97. The molecule has 0 aromatic carbocycles. The van der Waals surface area contributed by atoms with Gasteiger partial charge in [-0.2, -0.15) is 0 Å². The predicted molar refractivity (Wildman–Crippen MR) is 43.3 cm³/mol. The average molecular weight is 153 g/mol. The summed E-state index contributed by atoms with van der Waals surface area (Å²) < 4.78 is 0. The van der Waals surface area contributed by atoms with E-state index in [2.05, 4.69) is 10.3 Å². The number of aryl methyl sites for hydroxylation is 1. The molecule has 4 heteroatoms. The molecule has 60 valence electrons. The number of H-pyrrole nitrogens is 1. The quantitative estimate of drug-likeness (QED) is 0.541. The molecule has 4 nitrogen and oxygen atoms in total. The van der Waals surface area contributed by atoms with E-state index >= 15 is 0 Å². The second kappa shape index (κ2) is 2.65. The SMILES string of the molecule is CNC(=O)c1[nH]cc(C)c1N. The van der Waals surface area contributed by atoms with Gasteiger partial charge in [0.2, 0.25) is 0 Å². The number of carbonyl (C=O) groups is 1. The molecule has 0 aliphatic rings. The molecule has 1 heterocycles. The van der Waals surface area contributed by atoms with Crippen LogP contribution in [0.4, 0.5) is 5.69 Å². The first-order chi connectivity index (χ1) is 5.16. The smallest absolute Gasteiger partial charge is 0.269 e. The van der Waals surface area contributed by atoms with Gasteiger partial charge in [-0.15, -0.1) is 0 Å². The summed E-state index contributed by atoms with van der Waals surface area (Å²) in [6.07, 6.45) is 1.71. The highest BCUT2D eigenvalue weighted by Gasteiger charge is 2.10. The number of nitrogen functional groups attached to an aromatic ring is 1. The molecule has 1 aromatic rings. The molecule has 1 rings (SSSR count). The topological polar surface area (TPSA) is 70.9 Å². The number of aromatic nitrogens is 1. The van der Waals surface area contributed by atoms with Gasteiger partial charge in [0, 0.05) is 13.2 Å². The van der Waals surface area contributed by atoms with Crippen molar-refractivity contribution < 1.29 is 4.79 Å². The van der Waals surface area contributed by atoms with Crippen molar-refractivity contribution in [3.63, 3.8) is 0 Å². The highest BCUT2D eigenvalue weighted by molar-refractivity contribution is 5.97. The lowest BCUT2D eigenvalue weighted by Crippen LogP contribution is -2.19. The Morgan fingerprint density at radius 2 is 2.36 bits per heavy atom. The fraction of sp³-hybridized carbons (Fsp3) is 0.286. The summed E-state index contributed by atoms with van der Waals surface area (Å²) in [5.41, 5.74) is 7.43. The van der Waals surface area contributed by atoms with Crippen molar-refractivity contribution in [1.29, 1.82) is 0 Å². The second-order valence-electron chi connectivity index (χ2n) is 2.34. The molecular formula is C7H11N3O. The van der Waals surface area contributed by atoms with E-state index in [1.54, 1.807) is 13.2 Å². The Hall–Kier alpha value is -1.45. The molecule has 0 saturated carbocycles. The van der Waals surface area contributed by atoms with Crippen molar-refractivity contribution >= 4 is 11.6 Å². The molecule has 0 unspecified atom stereocenters. The summed E-state index contributed by atoms with van der Waals surface area (Å²) in [4.78, 5) is 13.8. The van der Waals surface area contributed by atoms with E-state index in [0.29, 0.717) is 11.4 Å². The number of anilines is 1. The zero-order valence-electron chi connectivity index (χ0n) is 6.56. The number of carbonyl (C=O) groups excluding carboxylic acids is 1. The van der Waals surface area contributed by atoms with Crippen molar-refractivity contribution in [1.82, 2.24) is 10.3 Å². The molecule has 4 N–H and O–H groups in total. The summed E-state index contributed by atoms with van der Waals surface area (Å²) in [5, 5.41) is 2.49. The number of nitrogens with one attached hydrogen (secondary N) is 2. The third-order valence-electron chi connectivity index (χ3n) is 1.58. The summed E-state index contributed by atoms with van der Waals surface area (Å²) >= 11 is 0. The van der Waals surface area contributed by atoms with Gasteiger partial charge in [0.15, 0.2) is 0 Å². The van der Waals surface area contributed by atoms with Crippen LogP contribution >= 0.6 is 0 Å². The van der Waals surface area contributed by atoms with Gasteiger partial charge < -0.3 is 16.0 Å². The minimum absolute atomic E-state index is 0.185. The van der Waals surface area contributed by atoms with Gasteiger partial charge in [-0.3, -0.25) is 4.79 Å². The maximum absolute atomic E-state index is 11.0. The summed E-state index contributed by atoms with van der Waals surface area (Å²) in [6.45, 7) is 1.85. The molecule has 0 radical (unpaired) electrons. The van der Waals surface area contributed by atoms with E-state index < -0.39 is 0 Å². The summed E-state index contributed by atoms with van der Waals surface area (Å²) in [7, 11) is 1.57. The van der Waals surface area contributed by atoms with Crippen molar-refractivity contribution in [2.45, 2.75) is 6.92 Å². The molecule has 0 fully saturated rings. The second-order valence-corrected chi connectivity index (χ2v) is 2.34. The van der Waals surface area contributed by atoms with Crippen molar-refractivity contribution in [3.05, 3.63) is 17.5 Å². The van der Waals surface area contributed by atoms with Crippen LogP contribution in [0.15, 0.2) is 6.20 Å². The van der Waals surface area contributed by atoms with Crippen LogP contribution in [0.25, 0.3) is 0 Å². The van der Waals surface area contributed by atoms with Crippen molar-refractivity contribution in [3.8, 4) is 0 Å². The van der Waals surface area contributed by atoms with Gasteiger partial charge in [0.1, 0.15) is 5.69 Å². The first-order valence-corrected chi connectivity index (χ1v) is 3.32. The number of nitrogens with two attached hydrogens (primary N) is 1. The molecular weight excluding hydrogens is 142 g/mol. The number of hydrogen-bond acceptors (Lipinski definition) is 2. The van der Waals surface area contributed by atoms with Gasteiger partial charge in [0.05, 0.1) is 5.69 Å². The van der Waals surface area contributed by atoms with Crippen LogP contribution in [-0.2, 0) is 0 Å². The first kappa shape index (κ1) is 7.65. The summed E-state index contributed by atoms with van der Waals surface area (Å²) in [5.74, 6) is -0.185. The van der Waals surface area contributed by atoms with E-state index in [-0.39, 0.29) is 5.91 Å². The molecule has 0 atom stereocenters. The average Bonchev–Trinajstić information content (AvgIpc) is 2.32. The van der Waals surface area contributed by atoms with Crippen LogP contribution in [0, 0.1) is 6.92 Å². The predicted octanol–water partition coefficient (Wildman–Crippen LogP) is 0.265. The van der Waals surface area contributed by atoms with E-state index in [4.69, 9.17) is 5.73 Å². The zero-order chi connectivity index (χ0) is 8.43. The Kier molecular flexibility index (Phi) is 1.85. The summed E-state index contributed by atoms with van der Waals surface area (Å²) in [6, 6.07) is 0. The van der Waals surface area contributed by atoms with E-state index in [1.165, 1.54) is 0 Å². The molecule has 0 saturated heterocycles. The molecule has 0 bridgehead atoms. The third-order valence-corrected chi connectivity index (χ3v) is 1.58. The molecule has 1 amide bonds. The zero-order valence-corrected chi connectivity index (χ0v) is 6.56. The van der Waals surface area contributed by atoms with Crippen LogP contribution in [0.5, 0.6) is 0 Å². The number of rotatable bonds is 1. The van der Waals surface area contributed by atoms with Crippen LogP contribution in [0.3, 0.4) is 0 Å². The van der Waals surface area contributed by atoms with Gasteiger partial charge in [0.25, 0.3) is 5.91 Å². The molecule has 0 spiro atoms. The fourth-order valence-corrected chi connectivity index (χ4v) is 0.846. The molecule has 0 aliphatic carbocycles. The highest BCUT2D eigenvalue weighted by atomic mass is 16.1. The van der Waals surface area contributed by atoms with Gasteiger partial charge in [-0.05, 0) is 12.5 Å². The van der Waals surface area contributed by atoms with Crippen LogP contribution in [0.1, 0.15) is 16.1 Å². The Labute approximate surface area is 64.8 Å². The Bertz CT molecular complexity index is 277. The van der Waals surface area contributed by atoms with Gasteiger partial charge in [-0.1, -0.05) is 0 Å². The van der Waals surface area contributed by atoms with E-state index in [1.807, 2.05) is 6.92 Å². The minimum atomic E-state index is -0.185. The number of aromatic amines is 1. The van der Waals surface area contributed by atoms with Crippen molar-refractivity contribution in [2.24, 2.45) is 0 Å². The van der Waals surface area contributed by atoms with E-state index in [9.17, 15) is 4.79 Å².